The Labute approximate surface area is 153 Å². The molecule has 7 heteroatoms. The third kappa shape index (κ3) is 2.36. The number of para-hydroxylation sites is 1. The van der Waals surface area contributed by atoms with Crippen molar-refractivity contribution in [3.05, 3.63) is 89.1 Å². The normalized spacial score (nSPS) is 11.3. The Kier molecular flexibility index (Phi) is 3.26. The summed E-state index contributed by atoms with van der Waals surface area (Å²) in [7, 11) is 0. The molecule has 130 valence electrons. The number of nitro groups is 1. The molecule has 0 saturated carbocycles. The second-order valence-corrected chi connectivity index (χ2v) is 6.17. The summed E-state index contributed by atoms with van der Waals surface area (Å²) in [5.74, 6) is 0.841. The third-order valence-electron chi connectivity index (χ3n) is 4.59. The van der Waals surface area contributed by atoms with Crippen molar-refractivity contribution in [2.45, 2.75) is 0 Å². The van der Waals surface area contributed by atoms with Crippen LogP contribution in [0.3, 0.4) is 0 Å². The first-order valence-corrected chi connectivity index (χ1v) is 8.38. The van der Waals surface area contributed by atoms with Gasteiger partial charge in [0.15, 0.2) is 0 Å². The maximum absolute atomic E-state index is 11.0. The third-order valence-corrected chi connectivity index (χ3v) is 4.59. The number of nitro benzene ring substituents is 1. The highest BCUT2D eigenvalue weighted by molar-refractivity contribution is 5.92. The van der Waals surface area contributed by atoms with Gasteiger partial charge in [-0.2, -0.15) is 4.68 Å². The second kappa shape index (κ2) is 5.77. The maximum atomic E-state index is 11.0. The van der Waals surface area contributed by atoms with Crippen LogP contribution < -0.4 is 0 Å². The summed E-state index contributed by atoms with van der Waals surface area (Å²) in [6, 6.07) is 22.3. The Morgan fingerprint density at radius 1 is 0.889 bits per heavy atom. The van der Waals surface area contributed by atoms with Crippen molar-refractivity contribution in [3.63, 3.8) is 0 Å². The molecule has 2 aromatic heterocycles. The van der Waals surface area contributed by atoms with Gasteiger partial charge < -0.3 is 4.57 Å². The van der Waals surface area contributed by atoms with Crippen LogP contribution in [0.1, 0.15) is 0 Å². The summed E-state index contributed by atoms with van der Waals surface area (Å²) >= 11 is 0. The molecule has 0 atom stereocenters. The highest BCUT2D eigenvalue weighted by Crippen LogP contribution is 2.30. The molecular formula is C20H13N5O2. The second-order valence-electron chi connectivity index (χ2n) is 6.17. The minimum Gasteiger partial charge on any atom is -0.301 e. The van der Waals surface area contributed by atoms with Crippen LogP contribution in [0.25, 0.3) is 33.3 Å². The molecule has 0 aliphatic rings. The van der Waals surface area contributed by atoms with Gasteiger partial charge >= 0.3 is 0 Å². The van der Waals surface area contributed by atoms with Crippen molar-refractivity contribution >= 4 is 27.5 Å². The van der Waals surface area contributed by atoms with E-state index in [1.807, 2.05) is 59.3 Å². The first-order valence-electron chi connectivity index (χ1n) is 8.38. The Morgan fingerprint density at radius 2 is 1.63 bits per heavy atom. The van der Waals surface area contributed by atoms with Crippen molar-refractivity contribution < 1.29 is 4.92 Å². The van der Waals surface area contributed by atoms with Gasteiger partial charge in [-0.1, -0.05) is 41.6 Å². The molecule has 2 heterocycles. The van der Waals surface area contributed by atoms with Gasteiger partial charge in [-0.05, 0) is 24.3 Å². The summed E-state index contributed by atoms with van der Waals surface area (Å²) in [5.41, 5.74) is 2.57. The maximum Gasteiger partial charge on any atom is 0.269 e. The molecule has 5 rings (SSSR count). The minimum absolute atomic E-state index is 0.0585. The summed E-state index contributed by atoms with van der Waals surface area (Å²) in [6.07, 6.45) is 2.00. The van der Waals surface area contributed by atoms with Crippen molar-refractivity contribution in [3.8, 4) is 11.5 Å². The summed E-state index contributed by atoms with van der Waals surface area (Å²) < 4.78 is 3.79. The molecule has 0 radical (unpaired) electrons. The number of nitrogens with zero attached hydrogens (tertiary/aromatic N) is 5. The molecule has 0 fully saturated rings. The average Bonchev–Trinajstić information content (AvgIpc) is 3.29. The van der Waals surface area contributed by atoms with E-state index in [0.29, 0.717) is 0 Å². The van der Waals surface area contributed by atoms with Crippen LogP contribution >= 0.6 is 0 Å². The molecule has 0 aliphatic heterocycles. The van der Waals surface area contributed by atoms with Gasteiger partial charge in [0.2, 0.25) is 0 Å². The Bertz CT molecular complexity index is 1300. The fraction of sp³-hybridized carbons (Fsp3) is 0. The van der Waals surface area contributed by atoms with Crippen LogP contribution in [-0.2, 0) is 0 Å². The lowest BCUT2D eigenvalue weighted by Crippen LogP contribution is -2.05. The zero-order chi connectivity index (χ0) is 18.4. The Morgan fingerprint density at radius 3 is 2.44 bits per heavy atom. The van der Waals surface area contributed by atoms with Crippen molar-refractivity contribution in [2.75, 3.05) is 0 Å². The molecule has 0 N–H and O–H groups in total. The predicted molar refractivity (Wildman–Crippen MR) is 102 cm³/mol. The van der Waals surface area contributed by atoms with Crippen molar-refractivity contribution in [1.29, 1.82) is 0 Å². The summed E-state index contributed by atoms with van der Waals surface area (Å²) in [5, 5.41) is 21.7. The lowest BCUT2D eigenvalue weighted by molar-refractivity contribution is -0.384. The topological polar surface area (TPSA) is 78.8 Å². The van der Waals surface area contributed by atoms with E-state index in [0.717, 1.165) is 33.3 Å². The lowest BCUT2D eigenvalue weighted by atomic mass is 10.2. The minimum atomic E-state index is -0.401. The van der Waals surface area contributed by atoms with Crippen LogP contribution in [-0.4, -0.2) is 24.5 Å². The van der Waals surface area contributed by atoms with Gasteiger partial charge in [0.1, 0.15) is 11.3 Å². The van der Waals surface area contributed by atoms with Gasteiger partial charge in [0.05, 0.1) is 10.4 Å². The highest BCUT2D eigenvalue weighted by Gasteiger charge is 2.17. The number of rotatable bonds is 3. The van der Waals surface area contributed by atoms with Crippen LogP contribution in [0, 0.1) is 10.1 Å². The summed E-state index contributed by atoms with van der Waals surface area (Å²) in [6.45, 7) is 0. The number of non-ortho nitro benzene ring substituents is 1. The van der Waals surface area contributed by atoms with Crippen LogP contribution in [0.5, 0.6) is 0 Å². The van der Waals surface area contributed by atoms with E-state index >= 15 is 0 Å². The molecule has 0 unspecified atom stereocenters. The first kappa shape index (κ1) is 15.3. The van der Waals surface area contributed by atoms with Crippen LogP contribution in [0.2, 0.25) is 0 Å². The van der Waals surface area contributed by atoms with E-state index in [-0.39, 0.29) is 5.69 Å². The zero-order valence-corrected chi connectivity index (χ0v) is 14.1. The number of aromatic nitrogens is 4. The lowest BCUT2D eigenvalue weighted by Gasteiger charge is -2.10. The molecule has 0 bridgehead atoms. The molecule has 27 heavy (non-hydrogen) atoms. The van der Waals surface area contributed by atoms with E-state index in [9.17, 15) is 10.1 Å². The fourth-order valence-electron chi connectivity index (χ4n) is 3.32. The molecular weight excluding hydrogens is 342 g/mol. The highest BCUT2D eigenvalue weighted by atomic mass is 16.6. The van der Waals surface area contributed by atoms with E-state index in [1.54, 1.807) is 16.8 Å². The van der Waals surface area contributed by atoms with Crippen LogP contribution in [0.15, 0.2) is 79.0 Å². The van der Waals surface area contributed by atoms with Gasteiger partial charge in [-0.15, -0.1) is 5.10 Å². The van der Waals surface area contributed by atoms with Crippen molar-refractivity contribution in [2.24, 2.45) is 0 Å². The standard InChI is InChI=1S/C20H13N5O2/c26-25(27)16-11-9-15(10-12-16)23-13-14-5-1-2-6-17(14)20(23)24-19-8-4-3-7-18(19)21-22-24/h1-13H. The quantitative estimate of drug-likeness (QED) is 0.357. The SMILES string of the molecule is O=[N+]([O-])c1ccc(-n2cc3ccccc3c2-n2nnc3ccccc32)cc1. The largest absolute Gasteiger partial charge is 0.301 e. The van der Waals surface area contributed by atoms with Gasteiger partial charge in [-0.25, -0.2) is 0 Å². The molecule has 7 nitrogen and oxygen atoms in total. The van der Waals surface area contributed by atoms with Gasteiger partial charge in [-0.3, -0.25) is 10.1 Å². The Balaban J connectivity index is 1.80. The predicted octanol–water partition coefficient (Wildman–Crippen LogP) is 4.27. The number of benzene rings is 3. The van der Waals surface area contributed by atoms with Crippen molar-refractivity contribution in [1.82, 2.24) is 19.6 Å². The van der Waals surface area contributed by atoms with E-state index in [4.69, 9.17) is 0 Å². The number of hydrogen-bond acceptors (Lipinski definition) is 4. The zero-order valence-electron chi connectivity index (χ0n) is 14.1. The molecule has 3 aromatic carbocycles. The van der Waals surface area contributed by atoms with Crippen LogP contribution in [0.4, 0.5) is 5.69 Å². The van der Waals surface area contributed by atoms with Gasteiger partial charge in [0, 0.05) is 34.8 Å². The molecule has 0 amide bonds. The first-order chi connectivity index (χ1) is 13.2. The molecule has 0 spiro atoms. The number of hydrogen-bond donors (Lipinski definition) is 0. The van der Waals surface area contributed by atoms with Gasteiger partial charge in [0.25, 0.3) is 5.69 Å². The number of fused-ring (bicyclic) bond motifs is 2. The Hall–Kier alpha value is -4.00. The molecule has 0 aliphatic carbocycles. The summed E-state index contributed by atoms with van der Waals surface area (Å²) in [4.78, 5) is 10.6. The molecule has 0 saturated heterocycles. The molecule has 5 aromatic rings. The van der Waals surface area contributed by atoms with E-state index < -0.39 is 4.92 Å². The fourth-order valence-corrected chi connectivity index (χ4v) is 3.32. The monoisotopic (exact) mass is 355 g/mol. The van der Waals surface area contributed by atoms with E-state index in [1.165, 1.54) is 12.1 Å². The van der Waals surface area contributed by atoms with E-state index in [2.05, 4.69) is 10.3 Å². The smallest absolute Gasteiger partial charge is 0.269 e. The average molecular weight is 355 g/mol.